The van der Waals surface area contributed by atoms with E-state index in [4.69, 9.17) is 22.7 Å². The van der Waals surface area contributed by atoms with Crippen molar-refractivity contribution in [1.82, 2.24) is 5.32 Å². The first-order valence-corrected chi connectivity index (χ1v) is 5.79. The van der Waals surface area contributed by atoms with Crippen molar-refractivity contribution in [3.05, 3.63) is 35.4 Å². The van der Waals surface area contributed by atoms with Gasteiger partial charge in [-0.2, -0.15) is 0 Å². The zero-order chi connectivity index (χ0) is 13.5. The lowest BCUT2D eigenvalue weighted by atomic mass is 10.1. The van der Waals surface area contributed by atoms with E-state index >= 15 is 0 Å². The minimum atomic E-state index is -0.467. The summed E-state index contributed by atoms with van der Waals surface area (Å²) in [5, 5.41) is 2.45. The van der Waals surface area contributed by atoms with Crippen molar-refractivity contribution >= 4 is 29.1 Å². The van der Waals surface area contributed by atoms with Gasteiger partial charge in [0.2, 0.25) is 0 Å². The van der Waals surface area contributed by atoms with Gasteiger partial charge in [-0.05, 0) is 19.1 Å². The van der Waals surface area contributed by atoms with E-state index in [1.165, 1.54) is 0 Å². The van der Waals surface area contributed by atoms with Crippen LogP contribution in [0.2, 0.25) is 0 Å². The van der Waals surface area contributed by atoms with Gasteiger partial charge in [-0.1, -0.05) is 24.4 Å². The zero-order valence-corrected chi connectivity index (χ0v) is 10.8. The Bertz CT molecular complexity index is 457. The average Bonchev–Trinajstić information content (AvgIpc) is 2.36. The predicted molar refractivity (Wildman–Crippen MR) is 71.3 cm³/mol. The second-order valence-electron chi connectivity index (χ2n) is 3.43. The van der Waals surface area contributed by atoms with Gasteiger partial charge in [0.1, 0.15) is 11.5 Å². The Hall–Kier alpha value is -1.95. The highest BCUT2D eigenvalue weighted by atomic mass is 32.1. The lowest BCUT2D eigenvalue weighted by Gasteiger charge is -2.05. The molecule has 5 nitrogen and oxygen atoms in total. The van der Waals surface area contributed by atoms with Gasteiger partial charge in [0.05, 0.1) is 6.61 Å². The highest BCUT2D eigenvalue weighted by molar-refractivity contribution is 7.80. The normalized spacial score (nSPS) is 9.61. The van der Waals surface area contributed by atoms with Crippen LogP contribution in [0.25, 0.3) is 0 Å². The second kappa shape index (κ2) is 6.70. The summed E-state index contributed by atoms with van der Waals surface area (Å²) in [5.41, 5.74) is 6.56. The fourth-order valence-corrected chi connectivity index (χ4v) is 1.39. The summed E-state index contributed by atoms with van der Waals surface area (Å²) >= 11 is 4.80. The van der Waals surface area contributed by atoms with Crippen LogP contribution in [0.4, 0.5) is 0 Å². The number of rotatable bonds is 5. The molecular formula is C12H14N2O3S. The SMILES string of the molecule is CCOC(=O)CNC(=O)c1ccc(C(N)=S)cc1. The fraction of sp³-hybridized carbons (Fsp3) is 0.250. The van der Waals surface area contributed by atoms with Gasteiger partial charge in [0.25, 0.3) is 5.91 Å². The van der Waals surface area contributed by atoms with E-state index < -0.39 is 5.97 Å². The number of thiocarbonyl (C=S) groups is 1. The summed E-state index contributed by atoms with van der Waals surface area (Å²) in [6.45, 7) is 1.84. The summed E-state index contributed by atoms with van der Waals surface area (Å²) in [7, 11) is 0. The van der Waals surface area contributed by atoms with Gasteiger partial charge in [0.15, 0.2) is 0 Å². The zero-order valence-electron chi connectivity index (χ0n) is 9.93. The molecule has 0 aromatic heterocycles. The topological polar surface area (TPSA) is 81.4 Å². The molecule has 1 rings (SSSR count). The standard InChI is InChI=1S/C12H14N2O3S/c1-2-17-10(15)7-14-12(16)9-5-3-8(4-6-9)11(13)18/h3-6H,2,7H2,1H3,(H2,13,18)(H,14,16). The Morgan fingerprint density at radius 2 is 1.83 bits per heavy atom. The van der Waals surface area contributed by atoms with E-state index in [9.17, 15) is 9.59 Å². The highest BCUT2D eigenvalue weighted by Gasteiger charge is 2.08. The summed E-state index contributed by atoms with van der Waals surface area (Å²) in [5.74, 6) is -0.817. The molecule has 1 amide bonds. The Labute approximate surface area is 110 Å². The highest BCUT2D eigenvalue weighted by Crippen LogP contribution is 2.04. The number of esters is 1. The monoisotopic (exact) mass is 266 g/mol. The molecule has 0 aliphatic carbocycles. The molecule has 0 heterocycles. The number of ether oxygens (including phenoxy) is 1. The number of benzene rings is 1. The Kier molecular flexibility index (Phi) is 5.26. The van der Waals surface area contributed by atoms with Crippen LogP contribution in [0.1, 0.15) is 22.8 Å². The summed E-state index contributed by atoms with van der Waals surface area (Å²) in [6.07, 6.45) is 0. The molecule has 0 saturated heterocycles. The van der Waals surface area contributed by atoms with Crippen molar-refractivity contribution in [2.45, 2.75) is 6.92 Å². The molecule has 0 fully saturated rings. The lowest BCUT2D eigenvalue weighted by Crippen LogP contribution is -2.30. The fourth-order valence-electron chi connectivity index (χ4n) is 1.25. The second-order valence-corrected chi connectivity index (χ2v) is 3.87. The first-order chi connectivity index (χ1) is 8.54. The largest absolute Gasteiger partial charge is 0.465 e. The molecule has 1 aromatic rings. The smallest absolute Gasteiger partial charge is 0.325 e. The molecule has 0 radical (unpaired) electrons. The number of carbonyl (C=O) groups is 2. The molecule has 0 unspecified atom stereocenters. The van der Waals surface area contributed by atoms with Gasteiger partial charge in [0, 0.05) is 11.1 Å². The number of carbonyl (C=O) groups excluding carboxylic acids is 2. The van der Waals surface area contributed by atoms with Crippen molar-refractivity contribution in [1.29, 1.82) is 0 Å². The minimum Gasteiger partial charge on any atom is -0.465 e. The molecule has 0 spiro atoms. The van der Waals surface area contributed by atoms with Crippen molar-refractivity contribution in [2.24, 2.45) is 5.73 Å². The van der Waals surface area contributed by atoms with E-state index in [-0.39, 0.29) is 24.0 Å². The van der Waals surface area contributed by atoms with Crippen molar-refractivity contribution in [3.8, 4) is 0 Å². The lowest BCUT2D eigenvalue weighted by molar-refractivity contribution is -0.141. The molecule has 0 saturated carbocycles. The van der Waals surface area contributed by atoms with Gasteiger partial charge in [-0.25, -0.2) is 0 Å². The third kappa shape index (κ3) is 4.14. The van der Waals surface area contributed by atoms with Gasteiger partial charge in [-0.15, -0.1) is 0 Å². The van der Waals surface area contributed by atoms with Crippen LogP contribution in [0.3, 0.4) is 0 Å². The van der Waals surface area contributed by atoms with Crippen LogP contribution in [-0.2, 0) is 9.53 Å². The first-order valence-electron chi connectivity index (χ1n) is 5.38. The number of nitrogens with one attached hydrogen (secondary N) is 1. The molecule has 1 aromatic carbocycles. The van der Waals surface area contributed by atoms with Crippen LogP contribution in [0, 0.1) is 0 Å². The Morgan fingerprint density at radius 1 is 1.28 bits per heavy atom. The molecule has 3 N–H and O–H groups in total. The maximum Gasteiger partial charge on any atom is 0.325 e. The molecule has 0 aliphatic heterocycles. The van der Waals surface area contributed by atoms with E-state index in [0.29, 0.717) is 11.1 Å². The first kappa shape index (κ1) is 14.1. The predicted octanol–water partition coefficient (Wildman–Crippen LogP) is 0.614. The average molecular weight is 266 g/mol. The molecule has 0 aliphatic rings. The number of nitrogens with two attached hydrogens (primary N) is 1. The minimum absolute atomic E-state index is 0.149. The van der Waals surface area contributed by atoms with E-state index in [1.807, 2.05) is 0 Å². The van der Waals surface area contributed by atoms with Crippen LogP contribution >= 0.6 is 12.2 Å². The number of hydrogen-bond acceptors (Lipinski definition) is 4. The van der Waals surface area contributed by atoms with Crippen molar-refractivity contribution in [3.63, 3.8) is 0 Å². The quantitative estimate of drug-likeness (QED) is 0.603. The van der Waals surface area contributed by atoms with Crippen molar-refractivity contribution < 1.29 is 14.3 Å². The number of hydrogen-bond donors (Lipinski definition) is 2. The third-order valence-electron chi connectivity index (χ3n) is 2.13. The summed E-state index contributed by atoms with van der Waals surface area (Å²) in [6, 6.07) is 6.49. The van der Waals surface area contributed by atoms with Crippen LogP contribution in [0.15, 0.2) is 24.3 Å². The molecular weight excluding hydrogens is 252 g/mol. The Morgan fingerprint density at radius 3 is 2.33 bits per heavy atom. The van der Waals surface area contributed by atoms with E-state index in [2.05, 4.69) is 5.32 Å². The summed E-state index contributed by atoms with van der Waals surface area (Å²) < 4.78 is 4.69. The van der Waals surface area contributed by atoms with Crippen molar-refractivity contribution in [2.75, 3.05) is 13.2 Å². The molecule has 0 atom stereocenters. The maximum atomic E-state index is 11.7. The van der Waals surface area contributed by atoms with Crippen LogP contribution in [0.5, 0.6) is 0 Å². The maximum absolute atomic E-state index is 11.7. The van der Waals surface area contributed by atoms with Gasteiger partial charge in [-0.3, -0.25) is 9.59 Å². The molecule has 0 bridgehead atoms. The molecule has 18 heavy (non-hydrogen) atoms. The third-order valence-corrected chi connectivity index (χ3v) is 2.37. The molecule has 6 heteroatoms. The van der Waals surface area contributed by atoms with E-state index in [1.54, 1.807) is 31.2 Å². The van der Waals surface area contributed by atoms with E-state index in [0.717, 1.165) is 0 Å². The molecule has 96 valence electrons. The van der Waals surface area contributed by atoms with Gasteiger partial charge < -0.3 is 15.8 Å². The summed E-state index contributed by atoms with van der Waals surface area (Å²) in [4.78, 5) is 23.0. The van der Waals surface area contributed by atoms with Crippen LogP contribution < -0.4 is 11.1 Å². The van der Waals surface area contributed by atoms with Crippen LogP contribution in [-0.4, -0.2) is 30.0 Å². The number of amides is 1. The van der Waals surface area contributed by atoms with Gasteiger partial charge >= 0.3 is 5.97 Å². The Balaban J connectivity index is 2.56.